The van der Waals surface area contributed by atoms with Gasteiger partial charge in [0.15, 0.2) is 5.17 Å². The van der Waals surface area contributed by atoms with E-state index in [4.69, 9.17) is 4.74 Å². The second-order valence-corrected chi connectivity index (χ2v) is 11.4. The van der Waals surface area contributed by atoms with E-state index in [9.17, 15) is 14.4 Å². The Morgan fingerprint density at radius 1 is 1.02 bits per heavy atom. The summed E-state index contributed by atoms with van der Waals surface area (Å²) >= 11 is 1.02. The van der Waals surface area contributed by atoms with Gasteiger partial charge in [-0.3, -0.25) is 19.3 Å². The Kier molecular flexibility index (Phi) is 12.5. The highest BCUT2D eigenvalue weighted by Gasteiger charge is 2.35. The number of hydrogen-bond donors (Lipinski definition) is 1. The molecule has 0 saturated heterocycles. The van der Waals surface area contributed by atoms with Gasteiger partial charge < -0.3 is 15.0 Å². The van der Waals surface area contributed by atoms with Crippen LogP contribution in [0.3, 0.4) is 0 Å². The molecule has 3 amide bonds. The predicted octanol–water partition coefficient (Wildman–Crippen LogP) is 6.93. The zero-order valence-electron chi connectivity index (χ0n) is 27.2. The van der Waals surface area contributed by atoms with Crippen molar-refractivity contribution in [3.05, 3.63) is 138 Å². The third-order valence-electron chi connectivity index (χ3n) is 7.56. The monoisotopic (exact) mass is 648 g/mol. The summed E-state index contributed by atoms with van der Waals surface area (Å²) < 4.78 is 5.64. The van der Waals surface area contributed by atoms with E-state index in [1.807, 2.05) is 78.9 Å². The lowest BCUT2D eigenvalue weighted by molar-refractivity contribution is -0.126. The summed E-state index contributed by atoms with van der Waals surface area (Å²) in [5, 5.41) is 3.21. The fraction of sp³-hybridized carbons (Fsp3) is 0.211. The number of hydrogen-bond acceptors (Lipinski definition) is 6. The molecule has 8 nitrogen and oxygen atoms in total. The zero-order valence-corrected chi connectivity index (χ0v) is 28.0. The van der Waals surface area contributed by atoms with Gasteiger partial charge in [0, 0.05) is 36.1 Å². The fourth-order valence-corrected chi connectivity index (χ4v) is 5.96. The smallest absolute Gasteiger partial charge is 0.285 e. The highest BCUT2D eigenvalue weighted by atomic mass is 32.2. The van der Waals surface area contributed by atoms with E-state index in [0.717, 1.165) is 41.7 Å². The minimum Gasteiger partial charge on any atom is -0.496 e. The quantitative estimate of drug-likeness (QED) is 0.123. The van der Waals surface area contributed by atoms with Crippen molar-refractivity contribution in [1.29, 1.82) is 0 Å². The molecule has 1 heterocycles. The number of rotatable bonds is 13. The normalized spacial score (nSPS) is 14.5. The van der Waals surface area contributed by atoms with Gasteiger partial charge >= 0.3 is 0 Å². The van der Waals surface area contributed by atoms with Gasteiger partial charge in [-0.1, -0.05) is 97.2 Å². The second-order valence-electron chi connectivity index (χ2n) is 10.4. The number of benzene rings is 3. The Hall–Kier alpha value is -5.15. The molecule has 3 aromatic carbocycles. The number of thioether (sulfide) groups is 1. The number of carbonyl (C=O) groups excluding carboxylic acids is 3. The number of aliphatic imine (C=N–C) groups is 1. The van der Waals surface area contributed by atoms with Crippen molar-refractivity contribution < 1.29 is 19.1 Å². The van der Waals surface area contributed by atoms with Crippen LogP contribution in [0.2, 0.25) is 0 Å². The Morgan fingerprint density at radius 2 is 1.66 bits per heavy atom. The van der Waals surface area contributed by atoms with E-state index in [2.05, 4.69) is 35.6 Å². The maximum absolute atomic E-state index is 14.1. The van der Waals surface area contributed by atoms with Crippen LogP contribution in [0, 0.1) is 0 Å². The van der Waals surface area contributed by atoms with Gasteiger partial charge in [0.25, 0.3) is 11.8 Å². The van der Waals surface area contributed by atoms with Crippen LogP contribution < -0.4 is 15.0 Å². The van der Waals surface area contributed by atoms with Gasteiger partial charge in [-0.2, -0.15) is 4.99 Å². The summed E-state index contributed by atoms with van der Waals surface area (Å²) in [6.45, 7) is 11.3. The third-order valence-corrected chi connectivity index (χ3v) is 8.50. The summed E-state index contributed by atoms with van der Waals surface area (Å²) in [6, 6.07) is 24.6. The molecule has 0 radical (unpaired) electrons. The summed E-state index contributed by atoms with van der Waals surface area (Å²) in [5.41, 5.74) is 3.77. The number of methoxy groups -OCH3 is 1. The van der Waals surface area contributed by atoms with Crippen molar-refractivity contribution in [2.75, 3.05) is 30.9 Å². The van der Waals surface area contributed by atoms with Crippen LogP contribution in [0.1, 0.15) is 43.5 Å². The van der Waals surface area contributed by atoms with Crippen LogP contribution in [0.4, 0.5) is 5.69 Å². The molecule has 1 aliphatic heterocycles. The first-order valence-corrected chi connectivity index (χ1v) is 16.4. The van der Waals surface area contributed by atoms with E-state index < -0.39 is 11.8 Å². The summed E-state index contributed by atoms with van der Waals surface area (Å²) in [4.78, 5) is 48.7. The van der Waals surface area contributed by atoms with Crippen molar-refractivity contribution in [1.82, 2.24) is 10.2 Å². The minimum absolute atomic E-state index is 0.0755. The summed E-state index contributed by atoms with van der Waals surface area (Å²) in [5.74, 6) is -1.08. The molecule has 0 saturated carbocycles. The molecule has 47 heavy (non-hydrogen) atoms. The summed E-state index contributed by atoms with van der Waals surface area (Å²) in [7, 11) is 1.55. The SMILES string of the molecule is C=C/C=C\C(=C/C)N1C(=O)/C(=C/c2ccc(N(CC)CC)cc2OC)C(=O)N=C1SCC(=O)NC(c1ccccc1)c1ccccc1. The number of anilines is 1. The maximum atomic E-state index is 14.1. The average molecular weight is 649 g/mol. The largest absolute Gasteiger partial charge is 0.496 e. The first-order valence-electron chi connectivity index (χ1n) is 15.4. The van der Waals surface area contributed by atoms with E-state index in [1.165, 1.54) is 11.0 Å². The molecule has 0 atom stereocenters. The van der Waals surface area contributed by atoms with Crippen LogP contribution in [-0.4, -0.2) is 53.7 Å². The average Bonchev–Trinajstić information content (AvgIpc) is 3.10. The van der Waals surface area contributed by atoms with Crippen molar-refractivity contribution in [3.63, 3.8) is 0 Å². The van der Waals surface area contributed by atoms with Crippen LogP contribution in [0.15, 0.2) is 126 Å². The Morgan fingerprint density at radius 3 is 2.21 bits per heavy atom. The number of ether oxygens (including phenoxy) is 1. The highest BCUT2D eigenvalue weighted by molar-refractivity contribution is 8.14. The Balaban J connectivity index is 1.65. The third kappa shape index (κ3) is 8.56. The highest BCUT2D eigenvalue weighted by Crippen LogP contribution is 2.31. The number of nitrogens with zero attached hydrogens (tertiary/aromatic N) is 3. The fourth-order valence-electron chi connectivity index (χ4n) is 5.15. The standard InChI is InChI=1S/C38H40N4O4S/c1-6-10-21-30(7-2)42-37(45)32(24-29-22-23-31(25-33(29)46-5)41(8-3)9-4)36(44)40-38(42)47-26-34(43)39-35(27-17-13-11-14-18-27)28-19-15-12-16-20-28/h6-7,10-25,35H,1,8-9,26H2,2-5H3,(H,39,43)/b21-10-,30-7+,32-24+. The van der Waals surface area contributed by atoms with Crippen molar-refractivity contribution in [2.45, 2.75) is 26.8 Å². The van der Waals surface area contributed by atoms with Crippen LogP contribution >= 0.6 is 11.8 Å². The molecule has 0 aliphatic carbocycles. The molecule has 4 rings (SSSR count). The molecule has 0 aromatic heterocycles. The molecule has 9 heteroatoms. The molecule has 0 bridgehead atoms. The lowest BCUT2D eigenvalue weighted by atomic mass is 9.99. The van der Waals surface area contributed by atoms with Gasteiger partial charge in [0.05, 0.1) is 18.9 Å². The van der Waals surface area contributed by atoms with Gasteiger partial charge in [0.2, 0.25) is 5.91 Å². The molecular formula is C38H40N4O4S. The number of nitrogens with one attached hydrogen (secondary N) is 1. The molecule has 0 unspecified atom stereocenters. The first kappa shape index (κ1) is 34.7. The number of amides is 3. The van der Waals surface area contributed by atoms with E-state index in [1.54, 1.807) is 38.3 Å². The predicted molar refractivity (Wildman–Crippen MR) is 192 cm³/mol. The van der Waals surface area contributed by atoms with Gasteiger partial charge in [0.1, 0.15) is 11.3 Å². The lowest BCUT2D eigenvalue weighted by Gasteiger charge is -2.28. The number of allylic oxidation sites excluding steroid dienone is 4. The van der Waals surface area contributed by atoms with Crippen LogP contribution in [0.25, 0.3) is 6.08 Å². The molecule has 3 aromatic rings. The lowest BCUT2D eigenvalue weighted by Crippen LogP contribution is -2.42. The number of carbonyl (C=O) groups is 3. The van der Waals surface area contributed by atoms with E-state index in [-0.39, 0.29) is 28.4 Å². The van der Waals surface area contributed by atoms with Crippen molar-refractivity contribution in [3.8, 4) is 5.75 Å². The molecule has 242 valence electrons. The maximum Gasteiger partial charge on any atom is 0.285 e. The van der Waals surface area contributed by atoms with E-state index >= 15 is 0 Å². The first-order chi connectivity index (χ1) is 22.8. The molecule has 0 fully saturated rings. The Bertz CT molecular complexity index is 1670. The van der Waals surface area contributed by atoms with Gasteiger partial charge in [-0.05, 0) is 56.2 Å². The van der Waals surface area contributed by atoms with Crippen molar-refractivity contribution in [2.24, 2.45) is 4.99 Å². The Labute approximate surface area is 281 Å². The number of amidine groups is 1. The molecule has 0 spiro atoms. The minimum atomic E-state index is -0.696. The van der Waals surface area contributed by atoms with E-state index in [0.29, 0.717) is 17.0 Å². The van der Waals surface area contributed by atoms with Crippen LogP contribution in [0.5, 0.6) is 5.75 Å². The van der Waals surface area contributed by atoms with Gasteiger partial charge in [-0.15, -0.1) is 0 Å². The summed E-state index contributed by atoms with van der Waals surface area (Å²) in [6.07, 6.45) is 8.23. The molecule has 1 aliphatic rings. The van der Waals surface area contributed by atoms with Crippen molar-refractivity contribution >= 4 is 46.4 Å². The zero-order chi connectivity index (χ0) is 33.8. The van der Waals surface area contributed by atoms with Gasteiger partial charge in [-0.25, -0.2) is 0 Å². The molecule has 1 N–H and O–H groups in total. The van der Waals surface area contributed by atoms with Crippen LogP contribution in [-0.2, 0) is 14.4 Å². The molecular weight excluding hydrogens is 609 g/mol. The topological polar surface area (TPSA) is 91.3 Å². The second kappa shape index (κ2) is 17.0.